The molecule has 0 unspecified atom stereocenters. The lowest BCUT2D eigenvalue weighted by Crippen LogP contribution is -2.34. The highest BCUT2D eigenvalue weighted by atomic mass is 19.1. The Balaban J connectivity index is 1.81. The lowest BCUT2D eigenvalue weighted by atomic mass is 10.1. The summed E-state index contributed by atoms with van der Waals surface area (Å²) in [5, 5.41) is 5.30. The standard InChI is InChI=1S/C22H28FN3O3/c1-3-26(4-2)12-13-29-20-11-6-5-10-19(20)25-22(28)16-24-21(27)15-17-8-7-9-18(23)14-17/h5-11,14H,3-4,12-13,15-16H2,1-2H3,(H,24,27)(H,25,28). The number of halogens is 1. The monoisotopic (exact) mass is 401 g/mol. The van der Waals surface area contributed by atoms with Gasteiger partial charge in [0.05, 0.1) is 18.7 Å². The van der Waals surface area contributed by atoms with Crippen molar-refractivity contribution in [3.05, 3.63) is 59.9 Å². The number of anilines is 1. The van der Waals surface area contributed by atoms with Crippen molar-refractivity contribution >= 4 is 17.5 Å². The topological polar surface area (TPSA) is 70.7 Å². The Hall–Kier alpha value is -2.93. The second kappa shape index (κ2) is 11.8. The van der Waals surface area contributed by atoms with Crippen molar-refractivity contribution < 1.29 is 18.7 Å². The van der Waals surface area contributed by atoms with E-state index in [9.17, 15) is 14.0 Å². The molecule has 2 N–H and O–H groups in total. The van der Waals surface area contributed by atoms with Gasteiger partial charge in [-0.15, -0.1) is 0 Å². The largest absolute Gasteiger partial charge is 0.490 e. The zero-order chi connectivity index (χ0) is 21.1. The van der Waals surface area contributed by atoms with Crippen LogP contribution in [0.3, 0.4) is 0 Å². The number of ether oxygens (including phenoxy) is 1. The van der Waals surface area contributed by atoms with Crippen molar-refractivity contribution in [1.82, 2.24) is 10.2 Å². The predicted octanol–water partition coefficient (Wildman–Crippen LogP) is 2.84. The SMILES string of the molecule is CCN(CC)CCOc1ccccc1NC(=O)CNC(=O)Cc1cccc(F)c1. The van der Waals surface area contributed by atoms with Gasteiger partial charge in [-0.1, -0.05) is 38.1 Å². The summed E-state index contributed by atoms with van der Waals surface area (Å²) in [5.74, 6) is -0.531. The molecule has 0 spiro atoms. The zero-order valence-electron chi connectivity index (χ0n) is 16.9. The summed E-state index contributed by atoms with van der Waals surface area (Å²) >= 11 is 0. The molecular formula is C22H28FN3O3. The summed E-state index contributed by atoms with van der Waals surface area (Å²) in [4.78, 5) is 26.4. The van der Waals surface area contributed by atoms with Crippen molar-refractivity contribution in [1.29, 1.82) is 0 Å². The maximum absolute atomic E-state index is 13.2. The quantitative estimate of drug-likeness (QED) is 0.608. The van der Waals surface area contributed by atoms with E-state index in [1.54, 1.807) is 30.3 Å². The van der Waals surface area contributed by atoms with Gasteiger partial charge in [0, 0.05) is 6.54 Å². The van der Waals surface area contributed by atoms with Crippen LogP contribution in [-0.2, 0) is 16.0 Å². The predicted molar refractivity (Wildman–Crippen MR) is 111 cm³/mol. The van der Waals surface area contributed by atoms with Crippen molar-refractivity contribution in [2.75, 3.05) is 38.1 Å². The molecule has 156 valence electrons. The first-order valence-corrected chi connectivity index (χ1v) is 9.77. The summed E-state index contributed by atoms with van der Waals surface area (Å²) in [6, 6.07) is 13.0. The van der Waals surface area contributed by atoms with Crippen LogP contribution < -0.4 is 15.4 Å². The molecule has 2 amide bonds. The molecule has 29 heavy (non-hydrogen) atoms. The van der Waals surface area contributed by atoms with E-state index in [4.69, 9.17) is 4.74 Å². The Morgan fingerprint density at radius 1 is 1.03 bits per heavy atom. The van der Waals surface area contributed by atoms with E-state index in [1.165, 1.54) is 12.1 Å². The minimum atomic E-state index is -0.398. The minimum Gasteiger partial charge on any atom is -0.490 e. The van der Waals surface area contributed by atoms with E-state index in [-0.39, 0.29) is 24.8 Å². The van der Waals surface area contributed by atoms with Gasteiger partial charge < -0.3 is 20.3 Å². The molecule has 0 aliphatic carbocycles. The van der Waals surface area contributed by atoms with Gasteiger partial charge in [-0.3, -0.25) is 9.59 Å². The Bertz CT molecular complexity index is 809. The number of hydrogen-bond acceptors (Lipinski definition) is 4. The third kappa shape index (κ3) is 7.91. The van der Waals surface area contributed by atoms with Crippen LogP contribution in [0.15, 0.2) is 48.5 Å². The van der Waals surface area contributed by atoms with Crippen molar-refractivity contribution in [2.24, 2.45) is 0 Å². The van der Waals surface area contributed by atoms with Gasteiger partial charge in [0.25, 0.3) is 0 Å². The summed E-state index contributed by atoms with van der Waals surface area (Å²) in [7, 11) is 0. The fraction of sp³-hybridized carbons (Fsp3) is 0.364. The van der Waals surface area contributed by atoms with Gasteiger partial charge in [-0.25, -0.2) is 4.39 Å². The van der Waals surface area contributed by atoms with Crippen LogP contribution in [-0.4, -0.2) is 49.5 Å². The van der Waals surface area contributed by atoms with Gasteiger partial charge in [0.1, 0.15) is 18.2 Å². The maximum Gasteiger partial charge on any atom is 0.243 e. The molecule has 0 bridgehead atoms. The lowest BCUT2D eigenvalue weighted by molar-refractivity contribution is -0.123. The number of amides is 2. The normalized spacial score (nSPS) is 10.6. The fourth-order valence-corrected chi connectivity index (χ4v) is 2.79. The number of hydrogen-bond donors (Lipinski definition) is 2. The number of para-hydroxylation sites is 2. The first-order chi connectivity index (χ1) is 14.0. The van der Waals surface area contributed by atoms with Gasteiger partial charge in [-0.2, -0.15) is 0 Å². The molecular weight excluding hydrogens is 373 g/mol. The molecule has 0 saturated carbocycles. The molecule has 0 heterocycles. The van der Waals surface area contributed by atoms with Crippen LogP contribution in [0.4, 0.5) is 10.1 Å². The van der Waals surface area contributed by atoms with Crippen molar-refractivity contribution in [2.45, 2.75) is 20.3 Å². The molecule has 0 fully saturated rings. The first-order valence-electron chi connectivity index (χ1n) is 9.77. The second-order valence-corrected chi connectivity index (χ2v) is 6.50. The summed E-state index contributed by atoms with van der Waals surface area (Å²) in [6.07, 6.45) is 0.0100. The van der Waals surface area contributed by atoms with Gasteiger partial charge in [-0.05, 0) is 42.9 Å². The van der Waals surface area contributed by atoms with Crippen LogP contribution in [0.5, 0.6) is 5.75 Å². The second-order valence-electron chi connectivity index (χ2n) is 6.50. The summed E-state index contributed by atoms with van der Waals surface area (Å²) in [6.45, 7) is 7.23. The van der Waals surface area contributed by atoms with Gasteiger partial charge in [0.2, 0.25) is 11.8 Å². The third-order valence-electron chi connectivity index (χ3n) is 4.42. The number of benzene rings is 2. The van der Waals surface area contributed by atoms with E-state index in [2.05, 4.69) is 29.4 Å². The maximum atomic E-state index is 13.2. The molecule has 2 rings (SSSR count). The van der Waals surface area contributed by atoms with Crippen LogP contribution in [0.2, 0.25) is 0 Å². The number of carbonyl (C=O) groups is 2. The summed E-state index contributed by atoms with van der Waals surface area (Å²) < 4.78 is 19.0. The Morgan fingerprint density at radius 2 is 1.79 bits per heavy atom. The fourth-order valence-electron chi connectivity index (χ4n) is 2.79. The van der Waals surface area contributed by atoms with Crippen LogP contribution in [0, 0.1) is 5.82 Å². The highest BCUT2D eigenvalue weighted by Crippen LogP contribution is 2.23. The molecule has 0 saturated heterocycles. The average Bonchev–Trinajstić information content (AvgIpc) is 2.71. The van der Waals surface area contributed by atoms with Gasteiger partial charge in [0.15, 0.2) is 0 Å². The number of nitrogens with zero attached hydrogens (tertiary/aromatic N) is 1. The van der Waals surface area contributed by atoms with Gasteiger partial charge >= 0.3 is 0 Å². The Morgan fingerprint density at radius 3 is 2.52 bits per heavy atom. The number of nitrogens with one attached hydrogen (secondary N) is 2. The third-order valence-corrected chi connectivity index (χ3v) is 4.42. The smallest absolute Gasteiger partial charge is 0.243 e. The molecule has 0 atom stereocenters. The van der Waals surface area contributed by atoms with Crippen molar-refractivity contribution in [3.8, 4) is 5.75 Å². The van der Waals surface area contributed by atoms with E-state index >= 15 is 0 Å². The molecule has 7 heteroatoms. The van der Waals surface area contributed by atoms with E-state index < -0.39 is 5.82 Å². The molecule has 0 radical (unpaired) electrons. The van der Waals surface area contributed by atoms with Crippen LogP contribution >= 0.6 is 0 Å². The van der Waals surface area contributed by atoms with E-state index in [1.807, 2.05) is 6.07 Å². The minimum absolute atomic E-state index is 0.0100. The molecule has 2 aromatic carbocycles. The molecule has 0 aromatic heterocycles. The Labute approximate surface area is 171 Å². The number of carbonyl (C=O) groups excluding carboxylic acids is 2. The van der Waals surface area contributed by atoms with Crippen LogP contribution in [0.25, 0.3) is 0 Å². The lowest BCUT2D eigenvalue weighted by Gasteiger charge is -2.19. The van der Waals surface area contributed by atoms with E-state index in [0.29, 0.717) is 23.6 Å². The highest BCUT2D eigenvalue weighted by Gasteiger charge is 2.10. The molecule has 2 aromatic rings. The highest BCUT2D eigenvalue weighted by molar-refractivity contribution is 5.95. The number of rotatable bonds is 11. The van der Waals surface area contributed by atoms with Crippen molar-refractivity contribution in [3.63, 3.8) is 0 Å². The summed E-state index contributed by atoms with van der Waals surface area (Å²) in [5.41, 5.74) is 1.10. The van der Waals surface area contributed by atoms with E-state index in [0.717, 1.165) is 19.6 Å². The molecule has 0 aliphatic rings. The van der Waals surface area contributed by atoms with Crippen LogP contribution in [0.1, 0.15) is 19.4 Å². The average molecular weight is 401 g/mol. The molecule has 0 aliphatic heterocycles. The number of likely N-dealkylation sites (N-methyl/N-ethyl adjacent to an activating group) is 1. The molecule has 6 nitrogen and oxygen atoms in total. The Kier molecular flexibility index (Phi) is 9.11. The first kappa shape index (κ1) is 22.4. The zero-order valence-corrected chi connectivity index (χ0v) is 16.9.